The maximum absolute atomic E-state index is 12.9. The molecule has 2 aromatic carbocycles. The molecule has 1 heterocycles. The van der Waals surface area contributed by atoms with Crippen LogP contribution in [0.4, 0.5) is 0 Å². The van der Waals surface area contributed by atoms with Gasteiger partial charge in [0.05, 0.1) is 5.56 Å². The summed E-state index contributed by atoms with van der Waals surface area (Å²) < 4.78 is 11.6. The fraction of sp³-hybridized carbons (Fsp3) is 0.211. The minimum absolute atomic E-state index is 0.124. The molecular weight excluding hydrogens is 398 g/mol. The number of aromatic nitrogens is 2. The molecule has 0 spiro atoms. The van der Waals surface area contributed by atoms with Crippen LogP contribution in [0.1, 0.15) is 27.6 Å². The van der Waals surface area contributed by atoms with E-state index in [0.717, 1.165) is 10.0 Å². The Labute approximate surface area is 159 Å². The van der Waals surface area contributed by atoms with Crippen molar-refractivity contribution in [2.45, 2.75) is 20.1 Å². The van der Waals surface area contributed by atoms with Crippen molar-refractivity contribution in [3.63, 3.8) is 0 Å². The highest BCUT2D eigenvalue weighted by atomic mass is 79.9. The van der Waals surface area contributed by atoms with Crippen molar-refractivity contribution >= 4 is 21.8 Å². The zero-order valence-corrected chi connectivity index (χ0v) is 16.1. The SMILES string of the molecule is Cc1nc(COc2ccccc2C(=O)N(C)Cc2ccccc2Br)no1. The number of para-hydroxylation sites is 1. The second-order valence-corrected chi connectivity index (χ2v) is 6.62. The molecule has 1 aromatic heterocycles. The predicted octanol–water partition coefficient (Wildman–Crippen LogP) is 3.99. The smallest absolute Gasteiger partial charge is 0.257 e. The first kappa shape index (κ1) is 18.1. The molecule has 3 rings (SSSR count). The van der Waals surface area contributed by atoms with Gasteiger partial charge in [0, 0.05) is 25.0 Å². The van der Waals surface area contributed by atoms with E-state index in [1.165, 1.54) is 0 Å². The number of benzene rings is 2. The van der Waals surface area contributed by atoms with Gasteiger partial charge in [-0.3, -0.25) is 4.79 Å². The fourth-order valence-electron chi connectivity index (χ4n) is 2.47. The highest BCUT2D eigenvalue weighted by molar-refractivity contribution is 9.10. The number of ether oxygens (including phenoxy) is 1. The van der Waals surface area contributed by atoms with E-state index < -0.39 is 0 Å². The average Bonchev–Trinajstić information content (AvgIpc) is 3.07. The van der Waals surface area contributed by atoms with Crippen molar-refractivity contribution in [1.82, 2.24) is 15.0 Å². The Morgan fingerprint density at radius 3 is 2.65 bits per heavy atom. The Balaban J connectivity index is 1.73. The summed E-state index contributed by atoms with van der Waals surface area (Å²) in [7, 11) is 1.76. The Hall–Kier alpha value is -2.67. The van der Waals surface area contributed by atoms with Crippen LogP contribution in [-0.4, -0.2) is 28.0 Å². The molecule has 0 N–H and O–H groups in total. The number of hydrogen-bond acceptors (Lipinski definition) is 5. The lowest BCUT2D eigenvalue weighted by molar-refractivity contribution is 0.0779. The number of nitrogens with zero attached hydrogens (tertiary/aromatic N) is 3. The van der Waals surface area contributed by atoms with Gasteiger partial charge in [-0.25, -0.2) is 0 Å². The largest absolute Gasteiger partial charge is 0.485 e. The summed E-state index contributed by atoms with van der Waals surface area (Å²) in [5.41, 5.74) is 1.52. The second kappa shape index (κ2) is 8.14. The number of halogens is 1. The van der Waals surface area contributed by atoms with E-state index >= 15 is 0 Å². The lowest BCUT2D eigenvalue weighted by Gasteiger charge is -2.19. The Bertz CT molecular complexity index is 910. The lowest BCUT2D eigenvalue weighted by Crippen LogP contribution is -2.26. The third-order valence-corrected chi connectivity index (χ3v) is 4.53. The van der Waals surface area contributed by atoms with Gasteiger partial charge in [0.2, 0.25) is 11.7 Å². The molecule has 0 fully saturated rings. The summed E-state index contributed by atoms with van der Waals surface area (Å²) in [4.78, 5) is 18.6. The van der Waals surface area contributed by atoms with Crippen LogP contribution in [-0.2, 0) is 13.2 Å². The number of carbonyl (C=O) groups is 1. The van der Waals surface area contributed by atoms with Crippen molar-refractivity contribution in [2.75, 3.05) is 7.05 Å². The molecule has 0 atom stereocenters. The van der Waals surface area contributed by atoms with E-state index in [9.17, 15) is 4.79 Å². The van der Waals surface area contributed by atoms with Gasteiger partial charge in [0.25, 0.3) is 5.91 Å². The molecular formula is C19H18BrN3O3. The summed E-state index contributed by atoms with van der Waals surface area (Å²) in [5.74, 6) is 1.27. The van der Waals surface area contributed by atoms with E-state index in [1.54, 1.807) is 31.0 Å². The molecule has 7 heteroatoms. The maximum Gasteiger partial charge on any atom is 0.257 e. The van der Waals surface area contributed by atoms with Gasteiger partial charge in [0.1, 0.15) is 5.75 Å². The first-order chi connectivity index (χ1) is 12.5. The van der Waals surface area contributed by atoms with Crippen LogP contribution in [0.2, 0.25) is 0 Å². The Morgan fingerprint density at radius 2 is 1.92 bits per heavy atom. The van der Waals surface area contributed by atoms with Crippen molar-refractivity contribution in [3.8, 4) is 5.75 Å². The van der Waals surface area contributed by atoms with E-state index in [1.807, 2.05) is 36.4 Å². The Morgan fingerprint density at radius 1 is 1.19 bits per heavy atom. The van der Waals surface area contributed by atoms with Gasteiger partial charge in [-0.15, -0.1) is 0 Å². The first-order valence-electron chi connectivity index (χ1n) is 8.04. The zero-order valence-electron chi connectivity index (χ0n) is 14.5. The normalized spacial score (nSPS) is 10.6. The lowest BCUT2D eigenvalue weighted by atomic mass is 10.1. The molecule has 0 aliphatic carbocycles. The fourth-order valence-corrected chi connectivity index (χ4v) is 2.88. The summed E-state index contributed by atoms with van der Waals surface area (Å²) >= 11 is 3.51. The molecule has 0 radical (unpaired) electrons. The highest BCUT2D eigenvalue weighted by Gasteiger charge is 2.18. The molecule has 0 aliphatic heterocycles. The van der Waals surface area contributed by atoms with Crippen LogP contribution in [0.3, 0.4) is 0 Å². The summed E-state index contributed by atoms with van der Waals surface area (Å²) in [6, 6.07) is 15.0. The molecule has 6 nitrogen and oxygen atoms in total. The van der Waals surface area contributed by atoms with Crippen molar-refractivity contribution in [3.05, 3.63) is 75.8 Å². The third-order valence-electron chi connectivity index (χ3n) is 3.76. The van der Waals surface area contributed by atoms with Crippen molar-refractivity contribution in [1.29, 1.82) is 0 Å². The molecule has 0 unspecified atom stereocenters. The van der Waals surface area contributed by atoms with Crippen LogP contribution in [0.25, 0.3) is 0 Å². The van der Waals surface area contributed by atoms with E-state index in [-0.39, 0.29) is 12.5 Å². The molecule has 0 saturated heterocycles. The van der Waals surface area contributed by atoms with Crippen molar-refractivity contribution in [2.24, 2.45) is 0 Å². The maximum atomic E-state index is 12.9. The predicted molar refractivity (Wildman–Crippen MR) is 99.7 cm³/mol. The quantitative estimate of drug-likeness (QED) is 0.608. The number of carbonyl (C=O) groups excluding carboxylic acids is 1. The highest BCUT2D eigenvalue weighted by Crippen LogP contribution is 2.23. The van der Waals surface area contributed by atoms with Gasteiger partial charge in [-0.05, 0) is 23.8 Å². The summed E-state index contributed by atoms with van der Waals surface area (Å²) in [5, 5.41) is 3.79. The molecule has 0 aliphatic rings. The molecule has 26 heavy (non-hydrogen) atoms. The van der Waals surface area contributed by atoms with Crippen LogP contribution < -0.4 is 4.74 Å². The number of rotatable bonds is 6. The van der Waals surface area contributed by atoms with Gasteiger partial charge < -0.3 is 14.2 Å². The molecule has 1 amide bonds. The number of aryl methyl sites for hydroxylation is 1. The van der Waals surface area contributed by atoms with Gasteiger partial charge >= 0.3 is 0 Å². The van der Waals surface area contributed by atoms with Gasteiger partial charge in [-0.2, -0.15) is 4.98 Å². The second-order valence-electron chi connectivity index (χ2n) is 5.77. The minimum atomic E-state index is -0.124. The standard InChI is InChI=1S/C19H18BrN3O3/c1-13-21-18(22-26-13)12-25-17-10-6-4-8-15(17)19(24)23(2)11-14-7-3-5-9-16(14)20/h3-10H,11-12H2,1-2H3. The summed E-state index contributed by atoms with van der Waals surface area (Å²) in [6.45, 7) is 2.33. The minimum Gasteiger partial charge on any atom is -0.485 e. The Kier molecular flexibility index (Phi) is 5.68. The van der Waals surface area contributed by atoms with Crippen LogP contribution in [0.5, 0.6) is 5.75 Å². The van der Waals surface area contributed by atoms with E-state index in [2.05, 4.69) is 26.1 Å². The van der Waals surface area contributed by atoms with Crippen LogP contribution in [0.15, 0.2) is 57.5 Å². The van der Waals surface area contributed by atoms with Gasteiger partial charge in [0.15, 0.2) is 6.61 Å². The molecule has 0 saturated carbocycles. The van der Waals surface area contributed by atoms with Crippen LogP contribution in [0, 0.1) is 6.92 Å². The topological polar surface area (TPSA) is 68.5 Å². The monoisotopic (exact) mass is 415 g/mol. The average molecular weight is 416 g/mol. The van der Waals surface area contributed by atoms with Crippen molar-refractivity contribution < 1.29 is 14.1 Å². The van der Waals surface area contributed by atoms with Gasteiger partial charge in [-0.1, -0.05) is 51.4 Å². The first-order valence-corrected chi connectivity index (χ1v) is 8.84. The van der Waals surface area contributed by atoms with E-state index in [0.29, 0.717) is 29.6 Å². The van der Waals surface area contributed by atoms with E-state index in [4.69, 9.17) is 9.26 Å². The molecule has 3 aromatic rings. The third kappa shape index (κ3) is 4.29. The summed E-state index contributed by atoms with van der Waals surface area (Å²) in [6.07, 6.45) is 0. The number of amides is 1. The molecule has 134 valence electrons. The number of hydrogen-bond donors (Lipinski definition) is 0. The molecule has 0 bridgehead atoms. The zero-order chi connectivity index (χ0) is 18.5. The van der Waals surface area contributed by atoms with Crippen LogP contribution >= 0.6 is 15.9 Å².